The lowest BCUT2D eigenvalue weighted by Crippen LogP contribution is -2.46. The summed E-state index contributed by atoms with van der Waals surface area (Å²) >= 11 is 0. The molecule has 17 heavy (non-hydrogen) atoms. The Kier molecular flexibility index (Phi) is 3.55. The first kappa shape index (κ1) is 14.0. The van der Waals surface area contributed by atoms with Crippen LogP contribution in [0.4, 0.5) is 0 Å². The van der Waals surface area contributed by atoms with Crippen LogP contribution in [-0.4, -0.2) is 34.3 Å². The van der Waals surface area contributed by atoms with Gasteiger partial charge in [-0.3, -0.25) is 9.59 Å². The molecule has 1 fully saturated rings. The van der Waals surface area contributed by atoms with Gasteiger partial charge in [0, 0.05) is 24.0 Å². The summed E-state index contributed by atoms with van der Waals surface area (Å²) in [5, 5.41) is 2.94. The zero-order valence-corrected chi connectivity index (χ0v) is 11.8. The molecule has 1 aliphatic rings. The number of carbonyl (C=O) groups excluding carboxylic acids is 2. The third-order valence-electron chi connectivity index (χ3n) is 2.80. The smallest absolute Gasteiger partial charge is 0.225 e. The Morgan fingerprint density at radius 3 is 2.12 bits per heavy atom. The average Bonchev–Trinajstić information content (AvgIpc) is 2.42. The lowest BCUT2D eigenvalue weighted by molar-refractivity contribution is -0.132. The maximum atomic E-state index is 12.0. The van der Waals surface area contributed by atoms with Gasteiger partial charge in [-0.05, 0) is 41.5 Å². The molecule has 0 bridgehead atoms. The molecule has 1 aliphatic heterocycles. The van der Waals surface area contributed by atoms with E-state index in [1.165, 1.54) is 0 Å². The quantitative estimate of drug-likeness (QED) is 0.756. The first-order valence-electron chi connectivity index (χ1n) is 6.13. The van der Waals surface area contributed by atoms with Crippen LogP contribution in [0.15, 0.2) is 0 Å². The van der Waals surface area contributed by atoms with Gasteiger partial charge in [-0.2, -0.15) is 0 Å². The van der Waals surface area contributed by atoms with E-state index in [9.17, 15) is 9.59 Å². The first-order valence-corrected chi connectivity index (χ1v) is 6.13. The Hall–Kier alpha value is -1.06. The highest BCUT2D eigenvalue weighted by atomic mass is 16.2. The zero-order valence-electron chi connectivity index (χ0n) is 11.8. The van der Waals surface area contributed by atoms with E-state index in [4.69, 9.17) is 0 Å². The van der Waals surface area contributed by atoms with Crippen molar-refractivity contribution >= 4 is 11.8 Å². The molecule has 1 heterocycles. The van der Waals surface area contributed by atoms with Crippen molar-refractivity contribution in [2.45, 2.75) is 59.0 Å². The zero-order chi connectivity index (χ0) is 13.4. The molecule has 1 unspecified atom stereocenters. The molecule has 1 rings (SSSR count). The van der Waals surface area contributed by atoms with Crippen LogP contribution < -0.4 is 5.32 Å². The number of amides is 2. The summed E-state index contributed by atoms with van der Waals surface area (Å²) in [6.45, 7) is 12.4. The third kappa shape index (κ3) is 3.72. The van der Waals surface area contributed by atoms with Crippen LogP contribution in [0.5, 0.6) is 0 Å². The minimum Gasteiger partial charge on any atom is -0.351 e. The van der Waals surface area contributed by atoms with Crippen LogP contribution >= 0.6 is 0 Å². The molecule has 2 amide bonds. The number of nitrogens with zero attached hydrogens (tertiary/aromatic N) is 1. The van der Waals surface area contributed by atoms with E-state index >= 15 is 0 Å². The fraction of sp³-hybridized carbons (Fsp3) is 0.846. The molecule has 98 valence electrons. The van der Waals surface area contributed by atoms with Crippen molar-refractivity contribution in [3.8, 4) is 0 Å². The second kappa shape index (κ2) is 4.31. The lowest BCUT2D eigenvalue weighted by Gasteiger charge is -2.32. The topological polar surface area (TPSA) is 49.4 Å². The highest BCUT2D eigenvalue weighted by Gasteiger charge is 2.39. The normalized spacial score (nSPS) is 21.9. The second-order valence-corrected chi connectivity index (χ2v) is 6.82. The molecular weight excluding hydrogens is 216 g/mol. The summed E-state index contributed by atoms with van der Waals surface area (Å²) in [7, 11) is 0. The highest BCUT2D eigenvalue weighted by molar-refractivity contribution is 5.89. The van der Waals surface area contributed by atoms with E-state index in [-0.39, 0.29) is 28.8 Å². The second-order valence-electron chi connectivity index (χ2n) is 6.82. The monoisotopic (exact) mass is 240 g/mol. The van der Waals surface area contributed by atoms with Gasteiger partial charge in [-0.15, -0.1) is 0 Å². The van der Waals surface area contributed by atoms with Crippen molar-refractivity contribution in [2.24, 2.45) is 5.92 Å². The molecule has 0 aromatic carbocycles. The third-order valence-corrected chi connectivity index (χ3v) is 2.80. The van der Waals surface area contributed by atoms with E-state index in [0.717, 1.165) is 0 Å². The van der Waals surface area contributed by atoms with Gasteiger partial charge >= 0.3 is 0 Å². The van der Waals surface area contributed by atoms with Crippen molar-refractivity contribution in [3.05, 3.63) is 0 Å². The molecule has 0 radical (unpaired) electrons. The van der Waals surface area contributed by atoms with Crippen molar-refractivity contribution in [1.29, 1.82) is 0 Å². The number of carbonyl (C=O) groups is 2. The summed E-state index contributed by atoms with van der Waals surface area (Å²) in [6, 6.07) is 0. The number of hydrogen-bond donors (Lipinski definition) is 1. The Balaban J connectivity index is 2.67. The molecule has 0 saturated carbocycles. The Morgan fingerprint density at radius 1 is 1.24 bits per heavy atom. The molecule has 0 aromatic heterocycles. The molecule has 0 spiro atoms. The Morgan fingerprint density at radius 2 is 1.76 bits per heavy atom. The van der Waals surface area contributed by atoms with Gasteiger partial charge in [0.05, 0.1) is 5.92 Å². The van der Waals surface area contributed by atoms with Crippen LogP contribution in [0, 0.1) is 5.92 Å². The van der Waals surface area contributed by atoms with Crippen LogP contribution in [0.2, 0.25) is 0 Å². The Labute approximate surface area is 104 Å². The molecule has 4 nitrogen and oxygen atoms in total. The van der Waals surface area contributed by atoms with Crippen LogP contribution in [0.3, 0.4) is 0 Å². The summed E-state index contributed by atoms with van der Waals surface area (Å²) in [6.07, 6.45) is 0.333. The first-order chi connectivity index (χ1) is 7.50. The fourth-order valence-electron chi connectivity index (χ4n) is 2.00. The maximum absolute atomic E-state index is 12.0. The van der Waals surface area contributed by atoms with E-state index in [1.54, 1.807) is 4.90 Å². The predicted molar refractivity (Wildman–Crippen MR) is 67.5 cm³/mol. The number of hydrogen-bond acceptors (Lipinski definition) is 2. The standard InChI is InChI=1S/C13H24N2O2/c1-12(2,3)14-11(17)9-7-10(16)15(8-9)13(4,5)6/h9H,7-8H2,1-6H3,(H,14,17). The van der Waals surface area contributed by atoms with Gasteiger partial charge in [0.25, 0.3) is 0 Å². The Bertz CT molecular complexity index is 323. The minimum atomic E-state index is -0.241. The molecule has 0 aliphatic carbocycles. The van der Waals surface area contributed by atoms with Crippen molar-refractivity contribution < 1.29 is 9.59 Å². The fourth-order valence-corrected chi connectivity index (χ4v) is 2.00. The van der Waals surface area contributed by atoms with Crippen molar-refractivity contribution in [2.75, 3.05) is 6.54 Å². The molecule has 1 atom stereocenters. The van der Waals surface area contributed by atoms with Gasteiger partial charge in [-0.1, -0.05) is 0 Å². The maximum Gasteiger partial charge on any atom is 0.225 e. The van der Waals surface area contributed by atoms with Crippen LogP contribution in [0.1, 0.15) is 48.0 Å². The van der Waals surface area contributed by atoms with Crippen LogP contribution in [0.25, 0.3) is 0 Å². The van der Waals surface area contributed by atoms with Gasteiger partial charge in [-0.25, -0.2) is 0 Å². The highest BCUT2D eigenvalue weighted by Crippen LogP contribution is 2.26. The van der Waals surface area contributed by atoms with Gasteiger partial charge in [0.15, 0.2) is 0 Å². The largest absolute Gasteiger partial charge is 0.351 e. The SMILES string of the molecule is CC(C)(C)NC(=O)C1CC(=O)N(C(C)(C)C)C1. The minimum absolute atomic E-state index is 0.0161. The van der Waals surface area contributed by atoms with Crippen LogP contribution in [-0.2, 0) is 9.59 Å². The summed E-state index contributed by atoms with van der Waals surface area (Å²) in [4.78, 5) is 25.6. The molecule has 1 N–H and O–H groups in total. The summed E-state index contributed by atoms with van der Waals surface area (Å²) in [5.41, 5.74) is -0.441. The molecule has 0 aromatic rings. The van der Waals surface area contributed by atoms with Crippen molar-refractivity contribution in [1.82, 2.24) is 10.2 Å². The molecule has 4 heteroatoms. The number of rotatable bonds is 1. The van der Waals surface area contributed by atoms with E-state index in [0.29, 0.717) is 13.0 Å². The summed E-state index contributed by atoms with van der Waals surface area (Å²) < 4.78 is 0. The average molecular weight is 240 g/mol. The summed E-state index contributed by atoms with van der Waals surface area (Å²) in [5.74, 6) is -0.148. The number of likely N-dealkylation sites (tertiary alicyclic amines) is 1. The number of nitrogens with one attached hydrogen (secondary N) is 1. The molecule has 1 saturated heterocycles. The molecular formula is C13H24N2O2. The van der Waals surface area contributed by atoms with Gasteiger partial charge in [0.2, 0.25) is 11.8 Å². The van der Waals surface area contributed by atoms with E-state index < -0.39 is 0 Å². The van der Waals surface area contributed by atoms with E-state index in [1.807, 2.05) is 41.5 Å². The van der Waals surface area contributed by atoms with Gasteiger partial charge < -0.3 is 10.2 Å². The van der Waals surface area contributed by atoms with Gasteiger partial charge in [0.1, 0.15) is 0 Å². The lowest BCUT2D eigenvalue weighted by atomic mass is 10.0. The van der Waals surface area contributed by atoms with E-state index in [2.05, 4.69) is 5.32 Å². The van der Waals surface area contributed by atoms with Crippen molar-refractivity contribution in [3.63, 3.8) is 0 Å². The predicted octanol–water partition coefficient (Wildman–Crippen LogP) is 1.55.